The van der Waals surface area contributed by atoms with Crippen LogP contribution in [0.25, 0.3) is 0 Å². The van der Waals surface area contributed by atoms with Gasteiger partial charge >= 0.3 is 5.97 Å². The number of terminal acetylenes is 1. The van der Waals surface area contributed by atoms with E-state index in [-0.39, 0.29) is 19.6 Å². The van der Waals surface area contributed by atoms with Crippen LogP contribution in [-0.2, 0) is 20.7 Å². The Hall–Kier alpha value is -2.88. The Balaban J connectivity index is 2.59. The smallest absolute Gasteiger partial charge is 0.306 e. The zero-order valence-corrected chi connectivity index (χ0v) is 14.0. The molecule has 0 aliphatic rings. The predicted octanol–water partition coefficient (Wildman–Crippen LogP) is 0.938. The summed E-state index contributed by atoms with van der Waals surface area (Å²) in [5.74, 6) is 2.83. The molecule has 0 radical (unpaired) electrons. The van der Waals surface area contributed by atoms with E-state index >= 15 is 0 Å². The van der Waals surface area contributed by atoms with Crippen LogP contribution in [0, 0.1) is 12.3 Å². The van der Waals surface area contributed by atoms with E-state index < -0.39 is 11.9 Å². The minimum Gasteiger partial charge on any atom is -0.493 e. The lowest BCUT2D eigenvalue weighted by atomic mass is 10.1. The Morgan fingerprint density at radius 3 is 2.25 bits per heavy atom. The maximum Gasteiger partial charge on any atom is 0.306 e. The number of methoxy groups -OCH3 is 3. The van der Waals surface area contributed by atoms with E-state index in [1.54, 1.807) is 12.1 Å². The van der Waals surface area contributed by atoms with Gasteiger partial charge in [0.15, 0.2) is 18.1 Å². The van der Waals surface area contributed by atoms with E-state index in [9.17, 15) is 9.59 Å². The second kappa shape index (κ2) is 10.0. The van der Waals surface area contributed by atoms with Crippen LogP contribution >= 0.6 is 0 Å². The van der Waals surface area contributed by atoms with Crippen LogP contribution in [0.15, 0.2) is 12.1 Å². The van der Waals surface area contributed by atoms with E-state index in [1.165, 1.54) is 21.3 Å². The van der Waals surface area contributed by atoms with Crippen LogP contribution in [-0.4, -0.2) is 46.4 Å². The molecule has 0 heterocycles. The summed E-state index contributed by atoms with van der Waals surface area (Å²) in [6.45, 7) is -0.252. The first-order valence-electron chi connectivity index (χ1n) is 7.20. The molecule has 24 heavy (non-hydrogen) atoms. The molecule has 0 saturated heterocycles. The molecule has 0 fully saturated rings. The SMILES string of the molecule is C#CCNC(=O)COC(=O)CCc1cc(OC)c(OC)c(OC)c1. The minimum absolute atomic E-state index is 0.0990. The van der Waals surface area contributed by atoms with Gasteiger partial charge in [-0.1, -0.05) is 5.92 Å². The molecule has 0 saturated carbocycles. The van der Waals surface area contributed by atoms with Gasteiger partial charge in [-0.3, -0.25) is 9.59 Å². The van der Waals surface area contributed by atoms with Gasteiger partial charge in [0.25, 0.3) is 5.91 Å². The monoisotopic (exact) mass is 335 g/mol. The Labute approximate surface area is 141 Å². The van der Waals surface area contributed by atoms with Gasteiger partial charge in [0, 0.05) is 6.42 Å². The molecule has 7 heteroatoms. The normalized spacial score (nSPS) is 9.58. The lowest BCUT2D eigenvalue weighted by molar-refractivity contribution is -0.148. The Morgan fingerprint density at radius 2 is 1.75 bits per heavy atom. The third-order valence-electron chi connectivity index (χ3n) is 3.09. The molecule has 130 valence electrons. The van der Waals surface area contributed by atoms with Crippen molar-refractivity contribution >= 4 is 11.9 Å². The van der Waals surface area contributed by atoms with Crippen molar-refractivity contribution in [1.29, 1.82) is 0 Å². The fourth-order valence-corrected chi connectivity index (χ4v) is 1.94. The standard InChI is InChI=1S/C17H21NO6/c1-5-8-18-15(19)11-24-16(20)7-6-12-9-13(21-2)17(23-4)14(10-12)22-3/h1,9-10H,6-8,11H2,2-4H3,(H,18,19). The van der Waals surface area contributed by atoms with E-state index in [1.807, 2.05) is 0 Å². The highest BCUT2D eigenvalue weighted by atomic mass is 16.5. The van der Waals surface area contributed by atoms with Gasteiger partial charge in [-0.25, -0.2) is 0 Å². The number of carbonyl (C=O) groups is 2. The highest BCUT2D eigenvalue weighted by molar-refractivity contribution is 5.80. The number of ether oxygens (including phenoxy) is 4. The molecule has 1 N–H and O–H groups in total. The van der Waals surface area contributed by atoms with Crippen LogP contribution in [0.5, 0.6) is 17.2 Å². The van der Waals surface area contributed by atoms with Gasteiger partial charge in [0.2, 0.25) is 5.75 Å². The van der Waals surface area contributed by atoms with E-state index in [4.69, 9.17) is 25.4 Å². The molecule has 0 aliphatic carbocycles. The number of hydrogen-bond acceptors (Lipinski definition) is 6. The second-order valence-electron chi connectivity index (χ2n) is 4.68. The lowest BCUT2D eigenvalue weighted by Gasteiger charge is -2.14. The molecule has 1 aromatic carbocycles. The van der Waals surface area contributed by atoms with Gasteiger partial charge in [-0.05, 0) is 24.1 Å². The summed E-state index contributed by atoms with van der Waals surface area (Å²) in [5, 5.41) is 2.41. The molecule has 0 atom stereocenters. The average molecular weight is 335 g/mol. The molecule has 0 aliphatic heterocycles. The van der Waals surface area contributed by atoms with E-state index in [0.29, 0.717) is 23.7 Å². The largest absolute Gasteiger partial charge is 0.493 e. The number of rotatable bonds is 9. The van der Waals surface area contributed by atoms with Crippen molar-refractivity contribution in [2.24, 2.45) is 0 Å². The number of nitrogens with one attached hydrogen (secondary N) is 1. The predicted molar refractivity (Wildman–Crippen MR) is 87.2 cm³/mol. The van der Waals surface area contributed by atoms with Crippen molar-refractivity contribution in [2.45, 2.75) is 12.8 Å². The Bertz CT molecular complexity index is 595. The molecule has 0 spiro atoms. The fourth-order valence-electron chi connectivity index (χ4n) is 1.94. The summed E-state index contributed by atoms with van der Waals surface area (Å²) in [5.41, 5.74) is 0.818. The summed E-state index contributed by atoms with van der Waals surface area (Å²) < 4.78 is 20.6. The van der Waals surface area contributed by atoms with Gasteiger partial charge in [0.1, 0.15) is 0 Å². The summed E-state index contributed by atoms with van der Waals surface area (Å²) >= 11 is 0. The van der Waals surface area contributed by atoms with Gasteiger partial charge in [0.05, 0.1) is 27.9 Å². The Kier molecular flexibility index (Phi) is 7.99. The van der Waals surface area contributed by atoms with Crippen molar-refractivity contribution in [3.05, 3.63) is 17.7 Å². The average Bonchev–Trinajstić information content (AvgIpc) is 2.61. The molecular weight excluding hydrogens is 314 g/mol. The molecule has 0 aromatic heterocycles. The second-order valence-corrected chi connectivity index (χ2v) is 4.68. The molecule has 1 rings (SSSR count). The molecule has 1 amide bonds. The molecule has 7 nitrogen and oxygen atoms in total. The molecule has 0 bridgehead atoms. The van der Waals surface area contributed by atoms with Crippen molar-refractivity contribution < 1.29 is 28.5 Å². The third-order valence-corrected chi connectivity index (χ3v) is 3.09. The molecule has 1 aromatic rings. The van der Waals surface area contributed by atoms with Gasteiger partial charge in [-0.2, -0.15) is 0 Å². The van der Waals surface area contributed by atoms with E-state index in [2.05, 4.69) is 11.2 Å². The number of carbonyl (C=O) groups excluding carboxylic acids is 2. The maximum absolute atomic E-state index is 11.7. The third kappa shape index (κ3) is 5.72. The Morgan fingerprint density at radius 1 is 1.12 bits per heavy atom. The van der Waals surface area contributed by atoms with Crippen molar-refractivity contribution in [2.75, 3.05) is 34.5 Å². The fraction of sp³-hybridized carbons (Fsp3) is 0.412. The van der Waals surface area contributed by atoms with Gasteiger partial charge < -0.3 is 24.3 Å². The first-order chi connectivity index (χ1) is 11.5. The van der Waals surface area contributed by atoms with Gasteiger partial charge in [-0.15, -0.1) is 6.42 Å². The van der Waals surface area contributed by atoms with Crippen LogP contribution in [0.3, 0.4) is 0 Å². The zero-order chi connectivity index (χ0) is 17.9. The zero-order valence-electron chi connectivity index (χ0n) is 14.0. The first-order valence-corrected chi connectivity index (χ1v) is 7.20. The summed E-state index contributed by atoms with van der Waals surface area (Å²) in [7, 11) is 4.55. The van der Waals surface area contributed by atoms with Crippen LogP contribution in [0.1, 0.15) is 12.0 Å². The van der Waals surface area contributed by atoms with Crippen molar-refractivity contribution in [3.63, 3.8) is 0 Å². The van der Waals surface area contributed by atoms with E-state index in [0.717, 1.165) is 5.56 Å². The number of amides is 1. The summed E-state index contributed by atoms with van der Waals surface area (Å²) in [4.78, 5) is 23.0. The summed E-state index contributed by atoms with van der Waals surface area (Å²) in [6, 6.07) is 3.52. The highest BCUT2D eigenvalue weighted by Gasteiger charge is 2.14. The van der Waals surface area contributed by atoms with Crippen LogP contribution < -0.4 is 19.5 Å². The quantitative estimate of drug-likeness (QED) is 0.534. The summed E-state index contributed by atoms with van der Waals surface area (Å²) in [6.07, 6.45) is 5.53. The van der Waals surface area contributed by atoms with Crippen molar-refractivity contribution in [1.82, 2.24) is 5.32 Å². The van der Waals surface area contributed by atoms with Crippen LogP contribution in [0.4, 0.5) is 0 Å². The van der Waals surface area contributed by atoms with Crippen LogP contribution in [0.2, 0.25) is 0 Å². The molecule has 0 unspecified atom stereocenters. The lowest BCUT2D eigenvalue weighted by Crippen LogP contribution is -2.29. The number of benzene rings is 1. The highest BCUT2D eigenvalue weighted by Crippen LogP contribution is 2.38. The maximum atomic E-state index is 11.7. The number of hydrogen-bond donors (Lipinski definition) is 1. The number of aryl methyl sites for hydroxylation is 1. The van der Waals surface area contributed by atoms with Crippen molar-refractivity contribution in [3.8, 4) is 29.6 Å². The topological polar surface area (TPSA) is 83.1 Å². The minimum atomic E-state index is -0.486. The molecular formula is C17H21NO6. The first kappa shape index (κ1) is 19.2. The number of esters is 1.